The van der Waals surface area contributed by atoms with Gasteiger partial charge < -0.3 is 5.11 Å². The van der Waals surface area contributed by atoms with Crippen molar-refractivity contribution in [1.29, 1.82) is 0 Å². The summed E-state index contributed by atoms with van der Waals surface area (Å²) in [6, 6.07) is 6.32. The monoisotopic (exact) mass is 378 g/mol. The lowest BCUT2D eigenvalue weighted by Gasteiger charge is -2.04. The van der Waals surface area contributed by atoms with E-state index in [0.717, 1.165) is 9.35 Å². The highest BCUT2D eigenvalue weighted by Gasteiger charge is 2.13. The maximum absolute atomic E-state index is 12.2. The molecule has 1 unspecified atom stereocenters. The van der Waals surface area contributed by atoms with Gasteiger partial charge in [0, 0.05) is 19.6 Å². The Bertz CT molecular complexity index is 654. The summed E-state index contributed by atoms with van der Waals surface area (Å²) in [6.07, 6.45) is 0. The number of hydrogen-bond acceptors (Lipinski definition) is 3. The lowest BCUT2D eigenvalue weighted by atomic mass is 10.2. The maximum atomic E-state index is 12.2. The van der Waals surface area contributed by atoms with E-state index in [-0.39, 0.29) is 10.6 Å². The number of carbonyl (C=O) groups is 1. The molecule has 0 radical (unpaired) electrons. The molecule has 0 aliphatic heterocycles. The van der Waals surface area contributed by atoms with Crippen LogP contribution < -0.4 is 0 Å². The SMILES string of the molecule is O=C(O)c1cc(S(=O)Cc2cc(Br)cs2)ccc1Cl. The van der Waals surface area contributed by atoms with Gasteiger partial charge in [-0.25, -0.2) is 4.79 Å². The molecule has 2 aromatic rings. The number of thiophene rings is 1. The highest BCUT2D eigenvalue weighted by atomic mass is 79.9. The minimum absolute atomic E-state index is 0.0279. The van der Waals surface area contributed by atoms with Gasteiger partial charge in [-0.3, -0.25) is 4.21 Å². The van der Waals surface area contributed by atoms with Crippen molar-refractivity contribution in [3.63, 3.8) is 0 Å². The average Bonchev–Trinajstić information content (AvgIpc) is 2.74. The van der Waals surface area contributed by atoms with Crippen LogP contribution in [0, 0.1) is 0 Å². The molecule has 2 rings (SSSR count). The van der Waals surface area contributed by atoms with E-state index in [9.17, 15) is 9.00 Å². The molecule has 0 saturated carbocycles. The number of halogens is 2. The molecular weight excluding hydrogens is 372 g/mol. The van der Waals surface area contributed by atoms with Crippen LogP contribution >= 0.6 is 38.9 Å². The first kappa shape index (κ1) is 14.7. The average molecular weight is 380 g/mol. The molecule has 1 N–H and O–H groups in total. The number of aromatic carboxylic acids is 1. The Hall–Kier alpha value is -0.690. The van der Waals surface area contributed by atoms with Gasteiger partial charge in [-0.1, -0.05) is 11.6 Å². The van der Waals surface area contributed by atoms with Crippen LogP contribution in [0.1, 0.15) is 15.2 Å². The Morgan fingerprint density at radius 2 is 2.16 bits per heavy atom. The van der Waals surface area contributed by atoms with Gasteiger partial charge in [0.05, 0.1) is 27.1 Å². The number of rotatable bonds is 4. The maximum Gasteiger partial charge on any atom is 0.337 e. The molecule has 0 amide bonds. The number of benzene rings is 1. The molecule has 100 valence electrons. The Balaban J connectivity index is 2.24. The van der Waals surface area contributed by atoms with E-state index < -0.39 is 16.8 Å². The molecule has 0 bridgehead atoms. The topological polar surface area (TPSA) is 54.4 Å². The van der Waals surface area contributed by atoms with Crippen molar-refractivity contribution in [1.82, 2.24) is 0 Å². The van der Waals surface area contributed by atoms with E-state index in [0.29, 0.717) is 10.6 Å². The zero-order valence-electron chi connectivity index (χ0n) is 9.43. The van der Waals surface area contributed by atoms with Gasteiger partial charge in [-0.2, -0.15) is 0 Å². The predicted molar refractivity (Wildman–Crippen MR) is 80.5 cm³/mol. The molecule has 1 heterocycles. The second-order valence-electron chi connectivity index (χ2n) is 3.67. The van der Waals surface area contributed by atoms with E-state index in [1.54, 1.807) is 6.07 Å². The van der Waals surface area contributed by atoms with Crippen molar-refractivity contribution in [3.05, 3.63) is 49.6 Å². The van der Waals surface area contributed by atoms with E-state index in [1.165, 1.54) is 23.5 Å². The molecule has 0 aliphatic carbocycles. The van der Waals surface area contributed by atoms with Crippen LogP contribution in [0.2, 0.25) is 5.02 Å². The van der Waals surface area contributed by atoms with E-state index in [4.69, 9.17) is 16.7 Å². The van der Waals surface area contributed by atoms with Crippen LogP contribution in [0.4, 0.5) is 0 Å². The highest BCUT2D eigenvalue weighted by molar-refractivity contribution is 9.10. The molecule has 1 aromatic heterocycles. The lowest BCUT2D eigenvalue weighted by Crippen LogP contribution is -2.01. The highest BCUT2D eigenvalue weighted by Crippen LogP contribution is 2.25. The van der Waals surface area contributed by atoms with Crippen molar-refractivity contribution in [2.45, 2.75) is 10.6 Å². The van der Waals surface area contributed by atoms with Crippen molar-refractivity contribution in [3.8, 4) is 0 Å². The smallest absolute Gasteiger partial charge is 0.337 e. The van der Waals surface area contributed by atoms with Gasteiger partial charge in [-0.15, -0.1) is 11.3 Å². The molecule has 1 atom stereocenters. The van der Waals surface area contributed by atoms with Crippen LogP contribution in [-0.4, -0.2) is 15.3 Å². The van der Waals surface area contributed by atoms with Gasteiger partial charge in [0.15, 0.2) is 0 Å². The van der Waals surface area contributed by atoms with Crippen molar-refractivity contribution >= 4 is 55.6 Å². The second-order valence-corrected chi connectivity index (χ2v) is 7.44. The van der Waals surface area contributed by atoms with Crippen LogP contribution in [0.5, 0.6) is 0 Å². The fourth-order valence-electron chi connectivity index (χ4n) is 1.45. The zero-order chi connectivity index (χ0) is 14.0. The van der Waals surface area contributed by atoms with Crippen molar-refractivity contribution in [2.75, 3.05) is 0 Å². The van der Waals surface area contributed by atoms with Crippen LogP contribution in [0.25, 0.3) is 0 Å². The minimum Gasteiger partial charge on any atom is -0.478 e. The molecule has 0 saturated heterocycles. The summed E-state index contributed by atoms with van der Waals surface area (Å²) in [4.78, 5) is 12.4. The summed E-state index contributed by atoms with van der Waals surface area (Å²) in [5.41, 5.74) is -0.0279. The second kappa shape index (κ2) is 6.17. The Morgan fingerprint density at radius 3 is 2.74 bits per heavy atom. The molecule has 0 fully saturated rings. The summed E-state index contributed by atoms with van der Waals surface area (Å²) in [5, 5.41) is 11.0. The number of carboxylic acids is 1. The van der Waals surface area contributed by atoms with Gasteiger partial charge in [0.1, 0.15) is 0 Å². The first-order chi connectivity index (χ1) is 8.97. The largest absolute Gasteiger partial charge is 0.478 e. The zero-order valence-corrected chi connectivity index (χ0v) is 13.4. The first-order valence-electron chi connectivity index (χ1n) is 5.11. The van der Waals surface area contributed by atoms with E-state index in [1.807, 2.05) is 11.4 Å². The fourth-order valence-corrected chi connectivity index (χ4v) is 4.46. The third kappa shape index (κ3) is 3.66. The van der Waals surface area contributed by atoms with Crippen molar-refractivity contribution < 1.29 is 14.1 Å². The Kier molecular flexibility index (Phi) is 4.78. The molecule has 1 aromatic carbocycles. The number of carboxylic acid groups (broad SMARTS) is 1. The summed E-state index contributed by atoms with van der Waals surface area (Å²) < 4.78 is 13.1. The van der Waals surface area contributed by atoms with Gasteiger partial charge >= 0.3 is 5.97 Å². The summed E-state index contributed by atoms with van der Waals surface area (Å²) >= 11 is 10.6. The van der Waals surface area contributed by atoms with Gasteiger partial charge in [0.2, 0.25) is 0 Å². The predicted octanol–water partition coefficient (Wildman–Crippen LogP) is 4.17. The van der Waals surface area contributed by atoms with E-state index >= 15 is 0 Å². The van der Waals surface area contributed by atoms with Crippen LogP contribution in [0.3, 0.4) is 0 Å². The Labute approximate surface area is 129 Å². The third-order valence-corrected chi connectivity index (χ3v) is 5.89. The lowest BCUT2D eigenvalue weighted by molar-refractivity contribution is 0.0697. The fraction of sp³-hybridized carbons (Fsp3) is 0.0833. The normalized spacial score (nSPS) is 12.3. The quantitative estimate of drug-likeness (QED) is 0.867. The van der Waals surface area contributed by atoms with Crippen LogP contribution in [-0.2, 0) is 16.6 Å². The molecule has 7 heteroatoms. The van der Waals surface area contributed by atoms with E-state index in [2.05, 4.69) is 15.9 Å². The first-order valence-corrected chi connectivity index (χ1v) is 8.48. The van der Waals surface area contributed by atoms with Gasteiger partial charge in [0.25, 0.3) is 0 Å². The summed E-state index contributed by atoms with van der Waals surface area (Å²) in [7, 11) is -1.29. The number of hydrogen-bond donors (Lipinski definition) is 1. The summed E-state index contributed by atoms with van der Waals surface area (Å²) in [5.74, 6) is -0.764. The molecule has 0 aliphatic rings. The van der Waals surface area contributed by atoms with Crippen LogP contribution in [0.15, 0.2) is 39.0 Å². The Morgan fingerprint density at radius 1 is 1.42 bits per heavy atom. The minimum atomic E-state index is -1.29. The molecule has 19 heavy (non-hydrogen) atoms. The standard InChI is InChI=1S/C12H8BrClO3S2/c13-7-3-8(18-5-7)6-19(17)9-1-2-11(14)10(4-9)12(15)16/h1-5H,6H2,(H,15,16). The molecular formula is C12H8BrClO3S2. The molecule has 3 nitrogen and oxygen atoms in total. The third-order valence-electron chi connectivity index (χ3n) is 2.33. The molecule has 0 spiro atoms. The van der Waals surface area contributed by atoms with Gasteiger partial charge in [-0.05, 0) is 40.2 Å². The summed E-state index contributed by atoms with van der Waals surface area (Å²) in [6.45, 7) is 0. The van der Waals surface area contributed by atoms with Crippen molar-refractivity contribution in [2.24, 2.45) is 0 Å².